The van der Waals surface area contributed by atoms with Gasteiger partial charge in [0.05, 0.1) is 12.3 Å². The number of carbonyl (C=O) groups excluding carboxylic acids is 1. The second kappa shape index (κ2) is 12.3. The SMILES string of the molecule is CC.CCOC(=O)CN=C/C(=C\N)Nc1ncc2ccn(CC=C(C)C)c2n1. The minimum Gasteiger partial charge on any atom is -0.465 e. The summed E-state index contributed by atoms with van der Waals surface area (Å²) in [4.78, 5) is 24.1. The molecule has 2 heterocycles. The summed E-state index contributed by atoms with van der Waals surface area (Å²) >= 11 is 0. The summed E-state index contributed by atoms with van der Waals surface area (Å²) in [5, 5.41) is 3.94. The molecule has 2 rings (SSSR count). The van der Waals surface area contributed by atoms with Gasteiger partial charge in [-0.05, 0) is 26.8 Å². The Hall–Kier alpha value is -3.16. The molecule has 0 atom stereocenters. The van der Waals surface area contributed by atoms with Crippen molar-refractivity contribution >= 4 is 29.2 Å². The number of hydrogen-bond acceptors (Lipinski definition) is 7. The first-order valence-corrected chi connectivity index (χ1v) is 9.33. The largest absolute Gasteiger partial charge is 0.465 e. The number of nitrogens with zero attached hydrogens (tertiary/aromatic N) is 4. The van der Waals surface area contributed by atoms with Crippen LogP contribution in [0.5, 0.6) is 0 Å². The van der Waals surface area contributed by atoms with Crippen molar-refractivity contribution in [1.29, 1.82) is 0 Å². The van der Waals surface area contributed by atoms with E-state index in [0.717, 1.165) is 17.6 Å². The molecule has 0 aliphatic carbocycles. The van der Waals surface area contributed by atoms with E-state index in [1.807, 2.05) is 30.7 Å². The summed E-state index contributed by atoms with van der Waals surface area (Å²) in [6.07, 6.45) is 8.63. The maximum Gasteiger partial charge on any atom is 0.327 e. The molecule has 0 spiro atoms. The maximum atomic E-state index is 11.3. The van der Waals surface area contributed by atoms with Gasteiger partial charge in [0.25, 0.3) is 0 Å². The van der Waals surface area contributed by atoms with Crippen LogP contribution in [0.2, 0.25) is 0 Å². The molecule has 0 saturated carbocycles. The number of esters is 1. The summed E-state index contributed by atoms with van der Waals surface area (Å²) in [5.74, 6) is 0.00354. The number of ether oxygens (including phenoxy) is 1. The number of fused-ring (bicyclic) bond motifs is 1. The molecule has 8 nitrogen and oxygen atoms in total. The quantitative estimate of drug-likeness (QED) is 0.410. The first kappa shape index (κ1) is 22.9. The molecule has 0 saturated heterocycles. The lowest BCUT2D eigenvalue weighted by Gasteiger charge is -2.06. The van der Waals surface area contributed by atoms with Crippen LogP contribution in [0, 0.1) is 0 Å². The molecule has 0 bridgehead atoms. The fourth-order valence-corrected chi connectivity index (χ4v) is 2.13. The molecule has 8 heteroatoms. The van der Waals surface area contributed by atoms with Crippen LogP contribution in [0.25, 0.3) is 11.0 Å². The molecule has 0 aliphatic heterocycles. The van der Waals surface area contributed by atoms with Gasteiger partial charge in [-0.1, -0.05) is 25.5 Å². The lowest BCUT2D eigenvalue weighted by atomic mass is 10.3. The number of nitrogens with two attached hydrogens (primary N) is 1. The first-order valence-electron chi connectivity index (χ1n) is 9.33. The van der Waals surface area contributed by atoms with E-state index in [1.54, 1.807) is 13.1 Å². The zero-order valence-electron chi connectivity index (χ0n) is 17.3. The Kier molecular flexibility index (Phi) is 10.0. The van der Waals surface area contributed by atoms with Crippen molar-refractivity contribution in [3.05, 3.63) is 42.0 Å². The van der Waals surface area contributed by atoms with Crippen LogP contribution in [-0.4, -0.2) is 39.9 Å². The fraction of sp³-hybridized carbons (Fsp3) is 0.400. The Bertz CT molecular complexity index is 847. The number of aliphatic imine (C=N–C) groups is 1. The van der Waals surface area contributed by atoms with Gasteiger partial charge in [-0.2, -0.15) is 4.98 Å². The zero-order valence-corrected chi connectivity index (χ0v) is 17.3. The Morgan fingerprint density at radius 2 is 2.14 bits per heavy atom. The van der Waals surface area contributed by atoms with E-state index >= 15 is 0 Å². The third kappa shape index (κ3) is 7.22. The fourth-order valence-electron chi connectivity index (χ4n) is 2.13. The van der Waals surface area contributed by atoms with Crippen LogP contribution in [-0.2, 0) is 16.1 Å². The summed E-state index contributed by atoms with van der Waals surface area (Å²) < 4.78 is 6.85. The second-order valence-corrected chi connectivity index (χ2v) is 5.74. The van der Waals surface area contributed by atoms with E-state index < -0.39 is 5.97 Å². The van der Waals surface area contributed by atoms with Crippen LogP contribution in [0.1, 0.15) is 34.6 Å². The van der Waals surface area contributed by atoms with E-state index in [0.29, 0.717) is 18.3 Å². The van der Waals surface area contributed by atoms with E-state index in [9.17, 15) is 4.79 Å². The molecule has 3 N–H and O–H groups in total. The summed E-state index contributed by atoms with van der Waals surface area (Å²) in [6.45, 7) is 10.9. The van der Waals surface area contributed by atoms with E-state index in [-0.39, 0.29) is 6.54 Å². The molecule has 0 aromatic carbocycles. The highest BCUT2D eigenvalue weighted by molar-refractivity contribution is 5.85. The molecular formula is C20H30N6O2. The number of anilines is 1. The summed E-state index contributed by atoms with van der Waals surface area (Å²) in [7, 11) is 0. The van der Waals surface area contributed by atoms with Gasteiger partial charge in [0.2, 0.25) is 5.95 Å². The molecule has 2 aromatic rings. The molecule has 28 heavy (non-hydrogen) atoms. The van der Waals surface area contributed by atoms with Crippen molar-refractivity contribution in [3.8, 4) is 0 Å². The Morgan fingerprint density at radius 1 is 1.39 bits per heavy atom. The minimum absolute atomic E-state index is 0.0711. The topological polar surface area (TPSA) is 107 Å². The molecular weight excluding hydrogens is 356 g/mol. The standard InChI is InChI=1S/C18H24N6O2.C2H6/c1-4-26-16(25)12-20-11-15(9-19)22-18-21-10-14-6-8-24(17(14)23-18)7-5-13(2)3;1-2/h5-6,8-11H,4,7,12,19H2,1-3H3,(H,21,22,23);1-2H3/b15-9+,20-11?;. The van der Waals surface area contributed by atoms with E-state index in [2.05, 4.69) is 40.2 Å². The zero-order chi connectivity index (χ0) is 20.9. The van der Waals surface area contributed by atoms with Gasteiger partial charge in [0.1, 0.15) is 12.2 Å². The van der Waals surface area contributed by atoms with Gasteiger partial charge in [-0.25, -0.2) is 4.98 Å². The predicted octanol–water partition coefficient (Wildman–Crippen LogP) is 3.27. The minimum atomic E-state index is -0.394. The normalized spacial score (nSPS) is 11.1. The van der Waals surface area contributed by atoms with Crippen molar-refractivity contribution in [2.24, 2.45) is 10.7 Å². The third-order valence-electron chi connectivity index (χ3n) is 3.39. The van der Waals surface area contributed by atoms with E-state index in [4.69, 9.17) is 10.5 Å². The van der Waals surface area contributed by atoms with Crippen LogP contribution in [0.4, 0.5) is 5.95 Å². The molecule has 0 unspecified atom stereocenters. The average molecular weight is 387 g/mol. The van der Waals surface area contributed by atoms with E-state index in [1.165, 1.54) is 18.0 Å². The van der Waals surface area contributed by atoms with Crippen LogP contribution >= 0.6 is 0 Å². The van der Waals surface area contributed by atoms with Crippen molar-refractivity contribution in [2.45, 2.75) is 41.2 Å². The molecule has 0 aliphatic rings. The van der Waals surface area contributed by atoms with Crippen LogP contribution < -0.4 is 11.1 Å². The van der Waals surface area contributed by atoms with Gasteiger partial charge in [0.15, 0.2) is 0 Å². The lowest BCUT2D eigenvalue weighted by molar-refractivity contribution is -0.141. The van der Waals surface area contributed by atoms with Gasteiger partial charge in [-0.3, -0.25) is 9.79 Å². The predicted molar refractivity (Wildman–Crippen MR) is 114 cm³/mol. The molecule has 0 amide bonds. The maximum absolute atomic E-state index is 11.3. The number of carbonyl (C=O) groups is 1. The second-order valence-electron chi connectivity index (χ2n) is 5.74. The van der Waals surface area contributed by atoms with Crippen molar-refractivity contribution < 1.29 is 9.53 Å². The first-order chi connectivity index (χ1) is 13.5. The van der Waals surface area contributed by atoms with Crippen LogP contribution in [0.15, 0.2) is 47.0 Å². The molecule has 152 valence electrons. The molecule has 0 fully saturated rings. The van der Waals surface area contributed by atoms with Crippen molar-refractivity contribution in [1.82, 2.24) is 14.5 Å². The third-order valence-corrected chi connectivity index (χ3v) is 3.39. The number of nitrogens with one attached hydrogen (secondary N) is 1. The molecule has 2 aromatic heterocycles. The number of rotatable bonds is 8. The van der Waals surface area contributed by atoms with Crippen molar-refractivity contribution in [2.75, 3.05) is 18.5 Å². The van der Waals surface area contributed by atoms with Gasteiger partial charge in [0, 0.05) is 36.7 Å². The Morgan fingerprint density at radius 3 is 2.79 bits per heavy atom. The summed E-state index contributed by atoms with van der Waals surface area (Å²) in [6, 6.07) is 1.97. The number of aromatic nitrogens is 3. The Labute approximate surface area is 166 Å². The average Bonchev–Trinajstić information content (AvgIpc) is 3.09. The van der Waals surface area contributed by atoms with Crippen molar-refractivity contribution in [3.63, 3.8) is 0 Å². The smallest absolute Gasteiger partial charge is 0.327 e. The van der Waals surface area contributed by atoms with Crippen LogP contribution in [0.3, 0.4) is 0 Å². The molecule has 0 radical (unpaired) electrons. The highest BCUT2D eigenvalue weighted by Crippen LogP contribution is 2.15. The highest BCUT2D eigenvalue weighted by Gasteiger charge is 2.06. The van der Waals surface area contributed by atoms with Gasteiger partial charge >= 0.3 is 5.97 Å². The van der Waals surface area contributed by atoms with Gasteiger partial charge < -0.3 is 20.4 Å². The number of allylic oxidation sites excluding steroid dienone is 3. The highest BCUT2D eigenvalue weighted by atomic mass is 16.5. The van der Waals surface area contributed by atoms with Gasteiger partial charge in [-0.15, -0.1) is 0 Å². The lowest BCUT2D eigenvalue weighted by Crippen LogP contribution is -2.10. The monoisotopic (exact) mass is 386 g/mol. The number of hydrogen-bond donors (Lipinski definition) is 2. The Balaban J connectivity index is 0.00000190. The summed E-state index contributed by atoms with van der Waals surface area (Å²) in [5.41, 5.74) is 8.14.